The van der Waals surface area contributed by atoms with Crippen LogP contribution in [0.15, 0.2) is 59.1 Å². The summed E-state index contributed by atoms with van der Waals surface area (Å²) in [5.41, 5.74) is 0.949. The summed E-state index contributed by atoms with van der Waals surface area (Å²) in [5, 5.41) is 3.60. The fourth-order valence-corrected chi connectivity index (χ4v) is 3.32. The SMILES string of the molecule is O=C(C=Cc1nc2ccccc2s1)NCCOc1cccc(Br)c1. The molecule has 0 aliphatic rings. The summed E-state index contributed by atoms with van der Waals surface area (Å²) in [6, 6.07) is 15.5. The summed E-state index contributed by atoms with van der Waals surface area (Å²) in [7, 11) is 0. The van der Waals surface area contributed by atoms with Gasteiger partial charge in [-0.3, -0.25) is 4.79 Å². The fraction of sp³-hybridized carbons (Fsp3) is 0.111. The zero-order valence-corrected chi connectivity index (χ0v) is 15.1. The van der Waals surface area contributed by atoms with Crippen LogP contribution in [0.4, 0.5) is 0 Å². The normalized spacial score (nSPS) is 11.0. The van der Waals surface area contributed by atoms with Gasteiger partial charge < -0.3 is 10.1 Å². The Labute approximate surface area is 152 Å². The maximum absolute atomic E-state index is 11.8. The summed E-state index contributed by atoms with van der Waals surface area (Å²) in [5.74, 6) is 0.607. The van der Waals surface area contributed by atoms with Crippen LogP contribution in [-0.4, -0.2) is 24.0 Å². The van der Waals surface area contributed by atoms with Gasteiger partial charge >= 0.3 is 0 Å². The number of carbonyl (C=O) groups excluding carboxylic acids is 1. The van der Waals surface area contributed by atoms with Crippen molar-refractivity contribution in [1.29, 1.82) is 0 Å². The first kappa shape index (κ1) is 16.7. The second kappa shape index (κ2) is 8.08. The van der Waals surface area contributed by atoms with Crippen molar-refractivity contribution >= 4 is 49.5 Å². The molecule has 1 aromatic heterocycles. The third-order valence-electron chi connectivity index (χ3n) is 3.15. The molecule has 0 atom stereocenters. The van der Waals surface area contributed by atoms with E-state index in [1.54, 1.807) is 17.4 Å². The number of hydrogen-bond acceptors (Lipinski definition) is 4. The predicted molar refractivity (Wildman–Crippen MR) is 101 cm³/mol. The Balaban J connectivity index is 1.45. The highest BCUT2D eigenvalue weighted by atomic mass is 79.9. The minimum atomic E-state index is -0.160. The molecule has 24 heavy (non-hydrogen) atoms. The highest BCUT2D eigenvalue weighted by Gasteiger charge is 2.01. The van der Waals surface area contributed by atoms with Crippen molar-refractivity contribution in [3.05, 3.63) is 64.1 Å². The topological polar surface area (TPSA) is 51.2 Å². The molecule has 0 fully saturated rings. The van der Waals surface area contributed by atoms with E-state index in [1.807, 2.05) is 48.5 Å². The lowest BCUT2D eigenvalue weighted by molar-refractivity contribution is -0.116. The van der Waals surface area contributed by atoms with Crippen LogP contribution in [0, 0.1) is 0 Å². The van der Waals surface area contributed by atoms with Crippen LogP contribution in [0.1, 0.15) is 5.01 Å². The number of fused-ring (bicyclic) bond motifs is 1. The largest absolute Gasteiger partial charge is 0.492 e. The van der Waals surface area contributed by atoms with Gasteiger partial charge in [0.2, 0.25) is 5.91 Å². The summed E-state index contributed by atoms with van der Waals surface area (Å²) in [6.07, 6.45) is 3.23. The third-order valence-corrected chi connectivity index (χ3v) is 4.65. The third kappa shape index (κ3) is 4.66. The molecule has 4 nitrogen and oxygen atoms in total. The molecule has 3 aromatic rings. The van der Waals surface area contributed by atoms with Crippen molar-refractivity contribution in [2.45, 2.75) is 0 Å². The molecule has 1 heterocycles. The number of rotatable bonds is 6. The second-order valence-corrected chi connectivity index (χ2v) is 6.93. The van der Waals surface area contributed by atoms with Gasteiger partial charge in [0.25, 0.3) is 0 Å². The molecule has 0 aliphatic heterocycles. The maximum Gasteiger partial charge on any atom is 0.244 e. The van der Waals surface area contributed by atoms with Gasteiger partial charge in [0, 0.05) is 10.5 Å². The average Bonchev–Trinajstić information content (AvgIpc) is 3.00. The number of benzene rings is 2. The predicted octanol–water partition coefficient (Wildman–Crippen LogP) is 4.27. The fourth-order valence-electron chi connectivity index (χ4n) is 2.07. The van der Waals surface area contributed by atoms with E-state index in [0.29, 0.717) is 13.2 Å². The number of thiazole rings is 1. The van der Waals surface area contributed by atoms with Gasteiger partial charge in [-0.25, -0.2) is 4.98 Å². The van der Waals surface area contributed by atoms with E-state index < -0.39 is 0 Å². The molecule has 0 bridgehead atoms. The standard InChI is InChI=1S/C18H15BrN2O2S/c19-13-4-3-5-14(12-13)23-11-10-20-17(22)8-9-18-21-15-6-1-2-7-16(15)24-18/h1-9,12H,10-11H2,(H,20,22). The van der Waals surface area contributed by atoms with Crippen molar-refractivity contribution in [3.8, 4) is 5.75 Å². The zero-order chi connectivity index (χ0) is 16.8. The first-order chi connectivity index (χ1) is 11.7. The molecule has 122 valence electrons. The minimum Gasteiger partial charge on any atom is -0.492 e. The van der Waals surface area contributed by atoms with Crippen molar-refractivity contribution in [2.24, 2.45) is 0 Å². The number of carbonyl (C=O) groups is 1. The van der Waals surface area contributed by atoms with Crippen molar-refractivity contribution in [3.63, 3.8) is 0 Å². The van der Waals surface area contributed by atoms with Crippen molar-refractivity contribution in [2.75, 3.05) is 13.2 Å². The highest BCUT2D eigenvalue weighted by Crippen LogP contribution is 2.22. The molecule has 0 saturated heterocycles. The lowest BCUT2D eigenvalue weighted by Gasteiger charge is -2.06. The molecule has 0 unspecified atom stereocenters. The smallest absolute Gasteiger partial charge is 0.244 e. The Bertz CT molecular complexity index is 843. The molecular weight excluding hydrogens is 388 g/mol. The number of hydrogen-bond donors (Lipinski definition) is 1. The first-order valence-corrected chi connectivity index (χ1v) is 9.01. The molecule has 1 amide bonds. The van der Waals surface area contributed by atoms with Crippen LogP contribution in [0.25, 0.3) is 16.3 Å². The second-order valence-electron chi connectivity index (χ2n) is 4.95. The Morgan fingerprint density at radius 3 is 2.96 bits per heavy atom. The Morgan fingerprint density at radius 1 is 1.25 bits per heavy atom. The zero-order valence-electron chi connectivity index (χ0n) is 12.7. The molecule has 0 saturated carbocycles. The van der Waals surface area contributed by atoms with Gasteiger partial charge in [0.1, 0.15) is 17.4 Å². The quantitative estimate of drug-likeness (QED) is 0.494. The van der Waals surface area contributed by atoms with Gasteiger partial charge in [0.05, 0.1) is 16.8 Å². The molecule has 3 rings (SSSR count). The molecule has 0 radical (unpaired) electrons. The van der Waals surface area contributed by atoms with E-state index in [1.165, 1.54) is 6.08 Å². The van der Waals surface area contributed by atoms with Crippen LogP contribution < -0.4 is 10.1 Å². The van der Waals surface area contributed by atoms with E-state index >= 15 is 0 Å². The number of ether oxygens (including phenoxy) is 1. The minimum absolute atomic E-state index is 0.160. The van der Waals surface area contributed by atoms with Gasteiger partial charge in [-0.15, -0.1) is 11.3 Å². The first-order valence-electron chi connectivity index (χ1n) is 7.40. The number of nitrogens with one attached hydrogen (secondary N) is 1. The summed E-state index contributed by atoms with van der Waals surface area (Å²) in [6.45, 7) is 0.854. The lowest BCUT2D eigenvalue weighted by atomic mass is 10.3. The molecule has 0 aliphatic carbocycles. The van der Waals surface area contributed by atoms with Crippen LogP contribution in [0.5, 0.6) is 5.75 Å². The van der Waals surface area contributed by atoms with E-state index in [9.17, 15) is 4.79 Å². The number of amides is 1. The average molecular weight is 403 g/mol. The van der Waals surface area contributed by atoms with Gasteiger partial charge in [-0.05, 0) is 36.4 Å². The molecule has 6 heteroatoms. The Morgan fingerprint density at radius 2 is 2.12 bits per heavy atom. The van der Waals surface area contributed by atoms with Crippen LogP contribution in [0.2, 0.25) is 0 Å². The number of halogens is 1. The van der Waals surface area contributed by atoms with E-state index in [4.69, 9.17) is 4.74 Å². The van der Waals surface area contributed by atoms with E-state index in [-0.39, 0.29) is 5.91 Å². The van der Waals surface area contributed by atoms with Crippen molar-refractivity contribution < 1.29 is 9.53 Å². The lowest BCUT2D eigenvalue weighted by Crippen LogP contribution is -2.26. The number of aromatic nitrogens is 1. The van der Waals surface area contributed by atoms with E-state index in [2.05, 4.69) is 26.2 Å². The van der Waals surface area contributed by atoms with Gasteiger partial charge in [-0.2, -0.15) is 0 Å². The molecule has 0 spiro atoms. The number of para-hydroxylation sites is 1. The summed E-state index contributed by atoms with van der Waals surface area (Å²) in [4.78, 5) is 16.3. The van der Waals surface area contributed by atoms with Crippen LogP contribution in [0.3, 0.4) is 0 Å². The molecule has 1 N–H and O–H groups in total. The van der Waals surface area contributed by atoms with Gasteiger partial charge in [-0.1, -0.05) is 34.1 Å². The maximum atomic E-state index is 11.8. The summed E-state index contributed by atoms with van der Waals surface area (Å²) < 4.78 is 7.63. The van der Waals surface area contributed by atoms with Crippen molar-refractivity contribution in [1.82, 2.24) is 10.3 Å². The van der Waals surface area contributed by atoms with E-state index in [0.717, 1.165) is 25.4 Å². The molecular formula is C18H15BrN2O2S. The van der Waals surface area contributed by atoms with Crippen LogP contribution in [-0.2, 0) is 4.79 Å². The Kier molecular flexibility index (Phi) is 5.61. The molecule has 2 aromatic carbocycles. The monoisotopic (exact) mass is 402 g/mol. The highest BCUT2D eigenvalue weighted by molar-refractivity contribution is 9.10. The van der Waals surface area contributed by atoms with Crippen LogP contribution >= 0.6 is 27.3 Å². The summed E-state index contributed by atoms with van der Waals surface area (Å²) >= 11 is 4.95. The number of nitrogens with zero attached hydrogens (tertiary/aromatic N) is 1. The van der Waals surface area contributed by atoms with Gasteiger partial charge in [0.15, 0.2) is 0 Å². The Hall–Kier alpha value is -2.18.